The maximum Gasteiger partial charge on any atom is 0.203 e. The lowest BCUT2D eigenvalue weighted by atomic mass is 9.93. The lowest BCUT2D eigenvalue weighted by Crippen LogP contribution is -2.30. The lowest BCUT2D eigenvalue weighted by molar-refractivity contribution is 0.259. The molecule has 1 fully saturated rings. The van der Waals surface area contributed by atoms with Gasteiger partial charge in [-0.3, -0.25) is 15.4 Å². The zero-order valence-electron chi connectivity index (χ0n) is 16.2. The molecule has 3 rings (SSSR count). The van der Waals surface area contributed by atoms with Gasteiger partial charge in [-0.2, -0.15) is 0 Å². The van der Waals surface area contributed by atoms with Gasteiger partial charge < -0.3 is 19.1 Å². The first-order chi connectivity index (χ1) is 13.2. The standard InChI is InChI=1S/C19H27N5O3/c1-24(12-15-10-20-5-6-21-15)11-14-9-22-23-18(14)13-7-16(25-2)19(27-4)17(8-13)26-3/h5-8,10,14,18,22-23H,9,11-12H2,1-4H3. The second-order valence-corrected chi connectivity index (χ2v) is 6.62. The van der Waals surface area contributed by atoms with Crippen molar-refractivity contribution in [3.8, 4) is 17.2 Å². The van der Waals surface area contributed by atoms with Crippen LogP contribution in [0.3, 0.4) is 0 Å². The number of hydrogen-bond donors (Lipinski definition) is 2. The van der Waals surface area contributed by atoms with E-state index in [2.05, 4.69) is 32.8 Å². The van der Waals surface area contributed by atoms with E-state index in [4.69, 9.17) is 14.2 Å². The molecule has 146 valence electrons. The zero-order valence-corrected chi connectivity index (χ0v) is 16.2. The Bertz CT molecular complexity index is 718. The largest absolute Gasteiger partial charge is 0.493 e. The molecule has 0 aliphatic carbocycles. The maximum absolute atomic E-state index is 5.50. The molecule has 2 unspecified atom stereocenters. The lowest BCUT2D eigenvalue weighted by Gasteiger charge is -2.25. The highest BCUT2D eigenvalue weighted by Crippen LogP contribution is 2.41. The first-order valence-corrected chi connectivity index (χ1v) is 8.88. The Labute approximate surface area is 159 Å². The van der Waals surface area contributed by atoms with Crippen LogP contribution in [0, 0.1) is 5.92 Å². The van der Waals surface area contributed by atoms with Crippen LogP contribution in [0.4, 0.5) is 0 Å². The highest BCUT2D eigenvalue weighted by Gasteiger charge is 2.31. The average molecular weight is 373 g/mol. The molecule has 1 aromatic carbocycles. The van der Waals surface area contributed by atoms with Crippen LogP contribution in [0.2, 0.25) is 0 Å². The van der Waals surface area contributed by atoms with E-state index in [0.29, 0.717) is 23.2 Å². The molecule has 27 heavy (non-hydrogen) atoms. The van der Waals surface area contributed by atoms with Gasteiger partial charge in [0.05, 0.1) is 33.1 Å². The summed E-state index contributed by atoms with van der Waals surface area (Å²) in [5.74, 6) is 2.29. The van der Waals surface area contributed by atoms with E-state index in [1.165, 1.54) is 0 Å². The minimum atomic E-state index is 0.128. The van der Waals surface area contributed by atoms with Crippen molar-refractivity contribution in [1.29, 1.82) is 0 Å². The quantitative estimate of drug-likeness (QED) is 0.719. The zero-order chi connectivity index (χ0) is 19.2. The number of hydrazine groups is 1. The normalized spacial score (nSPS) is 19.3. The van der Waals surface area contributed by atoms with Gasteiger partial charge >= 0.3 is 0 Å². The monoisotopic (exact) mass is 373 g/mol. The van der Waals surface area contributed by atoms with Gasteiger partial charge in [0.15, 0.2) is 11.5 Å². The Morgan fingerprint density at radius 1 is 1.11 bits per heavy atom. The molecule has 1 aromatic heterocycles. The van der Waals surface area contributed by atoms with Crippen LogP contribution in [0.1, 0.15) is 17.3 Å². The summed E-state index contributed by atoms with van der Waals surface area (Å²) in [5.41, 5.74) is 8.70. The van der Waals surface area contributed by atoms with E-state index in [1.807, 2.05) is 12.1 Å². The Morgan fingerprint density at radius 2 is 1.85 bits per heavy atom. The average Bonchev–Trinajstić information content (AvgIpc) is 3.15. The van der Waals surface area contributed by atoms with E-state index < -0.39 is 0 Å². The number of nitrogens with zero attached hydrogens (tertiary/aromatic N) is 3. The van der Waals surface area contributed by atoms with Crippen LogP contribution >= 0.6 is 0 Å². The first kappa shape index (κ1) is 19.3. The van der Waals surface area contributed by atoms with Gasteiger partial charge in [0.25, 0.3) is 0 Å². The van der Waals surface area contributed by atoms with Crippen molar-refractivity contribution < 1.29 is 14.2 Å². The van der Waals surface area contributed by atoms with E-state index in [0.717, 1.165) is 30.9 Å². The third-order valence-electron chi connectivity index (χ3n) is 4.73. The molecule has 0 saturated carbocycles. The molecule has 2 atom stereocenters. The van der Waals surface area contributed by atoms with Crippen molar-refractivity contribution in [2.75, 3.05) is 41.5 Å². The molecule has 0 radical (unpaired) electrons. The third kappa shape index (κ3) is 4.47. The van der Waals surface area contributed by atoms with E-state index in [1.54, 1.807) is 39.9 Å². The van der Waals surface area contributed by atoms with Gasteiger partial charge in [0.2, 0.25) is 5.75 Å². The molecule has 2 heterocycles. The van der Waals surface area contributed by atoms with Gasteiger partial charge in [0, 0.05) is 44.1 Å². The van der Waals surface area contributed by atoms with Gasteiger partial charge in [0.1, 0.15) is 0 Å². The van der Waals surface area contributed by atoms with Gasteiger partial charge in [-0.15, -0.1) is 0 Å². The number of nitrogens with one attached hydrogen (secondary N) is 2. The molecule has 1 aliphatic heterocycles. The second-order valence-electron chi connectivity index (χ2n) is 6.62. The predicted molar refractivity (Wildman–Crippen MR) is 102 cm³/mol. The molecule has 1 saturated heterocycles. The minimum Gasteiger partial charge on any atom is -0.493 e. The fourth-order valence-corrected chi connectivity index (χ4v) is 3.50. The Kier molecular flexibility index (Phi) is 6.44. The SMILES string of the molecule is COc1cc(C2NNCC2CN(C)Cc2cnccn2)cc(OC)c1OC. The van der Waals surface area contributed by atoms with Crippen LogP contribution in [0.15, 0.2) is 30.7 Å². The van der Waals surface area contributed by atoms with Crippen molar-refractivity contribution in [1.82, 2.24) is 25.7 Å². The summed E-state index contributed by atoms with van der Waals surface area (Å²) in [5, 5.41) is 0. The molecule has 0 amide bonds. The number of ether oxygens (including phenoxy) is 3. The molecule has 2 N–H and O–H groups in total. The van der Waals surface area contributed by atoms with Crippen molar-refractivity contribution in [3.63, 3.8) is 0 Å². The molecule has 8 nitrogen and oxygen atoms in total. The Hall–Kier alpha value is -2.42. The van der Waals surface area contributed by atoms with Crippen molar-refractivity contribution in [2.24, 2.45) is 5.92 Å². The fraction of sp³-hybridized carbons (Fsp3) is 0.474. The van der Waals surface area contributed by atoms with Crippen LogP contribution in [-0.4, -0.2) is 56.3 Å². The van der Waals surface area contributed by atoms with Crippen molar-refractivity contribution in [3.05, 3.63) is 42.0 Å². The maximum atomic E-state index is 5.50. The second kappa shape index (κ2) is 8.98. The summed E-state index contributed by atoms with van der Waals surface area (Å²) < 4.78 is 16.4. The van der Waals surface area contributed by atoms with Gasteiger partial charge in [-0.1, -0.05) is 0 Å². The van der Waals surface area contributed by atoms with E-state index in [-0.39, 0.29) is 6.04 Å². The Morgan fingerprint density at radius 3 is 2.44 bits per heavy atom. The van der Waals surface area contributed by atoms with Gasteiger partial charge in [-0.05, 0) is 24.7 Å². The van der Waals surface area contributed by atoms with E-state index in [9.17, 15) is 0 Å². The summed E-state index contributed by atoms with van der Waals surface area (Å²) in [6.45, 7) is 2.52. The molecular formula is C19H27N5O3. The summed E-state index contributed by atoms with van der Waals surface area (Å²) in [6, 6.07) is 4.13. The number of methoxy groups -OCH3 is 3. The Balaban J connectivity index is 1.76. The molecule has 0 spiro atoms. The van der Waals surface area contributed by atoms with Crippen LogP contribution in [-0.2, 0) is 6.54 Å². The highest BCUT2D eigenvalue weighted by atomic mass is 16.5. The highest BCUT2D eigenvalue weighted by molar-refractivity contribution is 5.54. The molecular weight excluding hydrogens is 346 g/mol. The molecule has 8 heteroatoms. The van der Waals surface area contributed by atoms with Crippen LogP contribution in [0.5, 0.6) is 17.2 Å². The summed E-state index contributed by atoms with van der Waals surface area (Å²) in [7, 11) is 6.97. The van der Waals surface area contributed by atoms with Gasteiger partial charge in [-0.25, -0.2) is 5.43 Å². The predicted octanol–water partition coefficient (Wildman–Crippen LogP) is 1.40. The summed E-state index contributed by atoms with van der Waals surface area (Å²) >= 11 is 0. The summed E-state index contributed by atoms with van der Waals surface area (Å²) in [4.78, 5) is 10.7. The smallest absolute Gasteiger partial charge is 0.203 e. The summed E-state index contributed by atoms with van der Waals surface area (Å²) in [6.07, 6.45) is 5.22. The molecule has 1 aliphatic rings. The number of rotatable bonds is 8. The minimum absolute atomic E-state index is 0.128. The topological polar surface area (TPSA) is 80.8 Å². The van der Waals surface area contributed by atoms with E-state index >= 15 is 0 Å². The third-order valence-corrected chi connectivity index (χ3v) is 4.73. The molecule has 0 bridgehead atoms. The number of aromatic nitrogens is 2. The van der Waals surface area contributed by atoms with Crippen molar-refractivity contribution in [2.45, 2.75) is 12.6 Å². The number of benzene rings is 1. The first-order valence-electron chi connectivity index (χ1n) is 8.88. The van der Waals surface area contributed by atoms with Crippen LogP contribution < -0.4 is 25.1 Å². The fourth-order valence-electron chi connectivity index (χ4n) is 3.50. The van der Waals surface area contributed by atoms with Crippen LogP contribution in [0.25, 0.3) is 0 Å². The number of hydrogen-bond acceptors (Lipinski definition) is 8. The van der Waals surface area contributed by atoms with Crippen molar-refractivity contribution >= 4 is 0 Å². The molecule has 2 aromatic rings.